The van der Waals surface area contributed by atoms with Crippen LogP contribution in [-0.4, -0.2) is 25.7 Å². The fraction of sp³-hybridized carbons (Fsp3) is 0.500. The number of hydrogen-bond acceptors (Lipinski definition) is 3. The normalized spacial score (nSPS) is 11.5. The van der Waals surface area contributed by atoms with Crippen LogP contribution in [0.2, 0.25) is 0 Å². The Labute approximate surface area is 126 Å². The molecule has 0 amide bonds. The van der Waals surface area contributed by atoms with Crippen molar-refractivity contribution in [2.24, 2.45) is 7.05 Å². The molecule has 0 aliphatic rings. The van der Waals surface area contributed by atoms with E-state index in [2.05, 4.69) is 15.5 Å². The Morgan fingerprint density at radius 2 is 1.95 bits per heavy atom. The van der Waals surface area contributed by atoms with Gasteiger partial charge in [-0.25, -0.2) is 0 Å². The summed E-state index contributed by atoms with van der Waals surface area (Å²) in [6.45, 7) is 1.93. The van der Waals surface area contributed by atoms with Crippen molar-refractivity contribution in [1.29, 1.82) is 0 Å². The summed E-state index contributed by atoms with van der Waals surface area (Å²) in [7, 11) is 1.84. The van der Waals surface area contributed by atoms with E-state index < -0.39 is 12.7 Å². The highest BCUT2D eigenvalue weighted by Crippen LogP contribution is 2.17. The summed E-state index contributed by atoms with van der Waals surface area (Å²) < 4.78 is 39.2. The van der Waals surface area contributed by atoms with Crippen molar-refractivity contribution in [1.82, 2.24) is 24.9 Å². The second-order valence-corrected chi connectivity index (χ2v) is 4.68. The summed E-state index contributed by atoms with van der Waals surface area (Å²) in [5.74, 6) is 0. The fourth-order valence-corrected chi connectivity index (χ4v) is 1.93. The minimum atomic E-state index is -4.25. The van der Waals surface area contributed by atoms with Gasteiger partial charge in [0.15, 0.2) is 0 Å². The molecule has 0 aliphatic heterocycles. The highest BCUT2D eigenvalue weighted by atomic mass is 35.5. The zero-order valence-corrected chi connectivity index (χ0v) is 12.5. The summed E-state index contributed by atoms with van der Waals surface area (Å²) in [6, 6.07) is 0. The van der Waals surface area contributed by atoms with Crippen molar-refractivity contribution < 1.29 is 13.2 Å². The van der Waals surface area contributed by atoms with E-state index in [1.165, 1.54) is 12.4 Å². The van der Waals surface area contributed by atoms with E-state index in [-0.39, 0.29) is 12.4 Å². The van der Waals surface area contributed by atoms with Gasteiger partial charge in [-0.3, -0.25) is 9.36 Å². The Kier molecular flexibility index (Phi) is 5.79. The van der Waals surface area contributed by atoms with Crippen molar-refractivity contribution in [3.05, 3.63) is 35.4 Å². The summed E-state index contributed by atoms with van der Waals surface area (Å²) >= 11 is 0. The molecule has 0 fully saturated rings. The van der Waals surface area contributed by atoms with Crippen LogP contribution in [0, 0.1) is 6.92 Å². The van der Waals surface area contributed by atoms with Gasteiger partial charge in [-0.05, 0) is 6.92 Å². The summed E-state index contributed by atoms with van der Waals surface area (Å²) in [4.78, 5) is 0. The highest BCUT2D eigenvalue weighted by molar-refractivity contribution is 5.85. The topological polar surface area (TPSA) is 47.7 Å². The molecule has 9 heteroatoms. The maximum atomic E-state index is 12.2. The SMILES string of the molecule is Cc1nn(C)cc1CNCc1cnn(CC(F)(F)F)c1.Cl. The van der Waals surface area contributed by atoms with Gasteiger partial charge in [0, 0.05) is 43.7 Å². The first-order chi connectivity index (χ1) is 9.33. The molecule has 1 N–H and O–H groups in total. The summed E-state index contributed by atoms with van der Waals surface area (Å²) in [5, 5.41) is 11.1. The number of aryl methyl sites for hydroxylation is 2. The van der Waals surface area contributed by atoms with Crippen molar-refractivity contribution in [3.8, 4) is 0 Å². The zero-order chi connectivity index (χ0) is 14.8. The van der Waals surface area contributed by atoms with Crippen molar-refractivity contribution in [2.45, 2.75) is 32.7 Å². The maximum absolute atomic E-state index is 12.2. The van der Waals surface area contributed by atoms with E-state index in [1.54, 1.807) is 4.68 Å². The zero-order valence-electron chi connectivity index (χ0n) is 11.7. The van der Waals surface area contributed by atoms with Crippen LogP contribution in [0.5, 0.6) is 0 Å². The molecule has 0 spiro atoms. The lowest BCUT2D eigenvalue weighted by molar-refractivity contribution is -0.142. The van der Waals surface area contributed by atoms with E-state index in [1.807, 2.05) is 20.2 Å². The third-order valence-corrected chi connectivity index (χ3v) is 2.79. The monoisotopic (exact) mass is 323 g/mol. The molecule has 0 aromatic carbocycles. The molecule has 5 nitrogen and oxygen atoms in total. The van der Waals surface area contributed by atoms with Crippen LogP contribution in [0.4, 0.5) is 13.2 Å². The summed E-state index contributed by atoms with van der Waals surface area (Å²) in [6.07, 6.45) is 0.504. The minimum Gasteiger partial charge on any atom is -0.308 e. The first kappa shape index (κ1) is 17.5. The minimum absolute atomic E-state index is 0. The Hall–Kier alpha value is -1.54. The Balaban J connectivity index is 0.00000220. The third-order valence-electron chi connectivity index (χ3n) is 2.79. The van der Waals surface area contributed by atoms with E-state index in [4.69, 9.17) is 0 Å². The molecule has 0 radical (unpaired) electrons. The van der Waals surface area contributed by atoms with E-state index >= 15 is 0 Å². The van der Waals surface area contributed by atoms with Gasteiger partial charge in [0.25, 0.3) is 0 Å². The maximum Gasteiger partial charge on any atom is 0.408 e. The molecule has 0 atom stereocenters. The van der Waals surface area contributed by atoms with Crippen LogP contribution < -0.4 is 5.32 Å². The second kappa shape index (κ2) is 6.95. The molecule has 0 saturated carbocycles. The predicted octanol–water partition coefficient (Wildman–Crippen LogP) is 2.20. The van der Waals surface area contributed by atoms with Gasteiger partial charge in [0.05, 0.1) is 11.9 Å². The molecule has 2 heterocycles. The number of nitrogens with one attached hydrogen (secondary N) is 1. The van der Waals surface area contributed by atoms with Gasteiger partial charge in [0.1, 0.15) is 6.54 Å². The average molecular weight is 324 g/mol. The van der Waals surface area contributed by atoms with Crippen molar-refractivity contribution in [2.75, 3.05) is 0 Å². The second-order valence-electron chi connectivity index (χ2n) is 4.68. The molecule has 2 rings (SSSR count). The Bertz CT molecular complexity index is 576. The lowest BCUT2D eigenvalue weighted by Gasteiger charge is -2.05. The quantitative estimate of drug-likeness (QED) is 0.917. The molecule has 0 saturated heterocycles. The number of rotatable bonds is 5. The first-order valence-electron chi connectivity index (χ1n) is 6.11. The predicted molar refractivity (Wildman–Crippen MR) is 74.0 cm³/mol. The van der Waals surface area contributed by atoms with Crippen LogP contribution in [0.3, 0.4) is 0 Å². The third kappa shape index (κ3) is 5.39. The Morgan fingerprint density at radius 1 is 1.24 bits per heavy atom. The molecule has 21 heavy (non-hydrogen) atoms. The van der Waals surface area contributed by atoms with Gasteiger partial charge in [-0.15, -0.1) is 12.4 Å². The van der Waals surface area contributed by atoms with E-state index in [9.17, 15) is 13.2 Å². The van der Waals surface area contributed by atoms with Crippen molar-refractivity contribution in [3.63, 3.8) is 0 Å². The van der Waals surface area contributed by atoms with Crippen LogP contribution in [0.25, 0.3) is 0 Å². The van der Waals surface area contributed by atoms with Gasteiger partial charge < -0.3 is 5.32 Å². The number of halogens is 4. The van der Waals surface area contributed by atoms with Crippen molar-refractivity contribution >= 4 is 12.4 Å². The van der Waals surface area contributed by atoms with Gasteiger partial charge in [-0.2, -0.15) is 23.4 Å². The Morgan fingerprint density at radius 3 is 2.52 bits per heavy atom. The highest BCUT2D eigenvalue weighted by Gasteiger charge is 2.28. The first-order valence-corrected chi connectivity index (χ1v) is 6.11. The standard InChI is InChI=1S/C12H16F3N5.ClH/c1-9-11(7-19(2)18-9)5-16-3-10-4-17-20(6-10)8-12(13,14)15;/h4,6-7,16H,3,5,8H2,1-2H3;1H. The summed E-state index contributed by atoms with van der Waals surface area (Å²) in [5.41, 5.74) is 2.72. The fourth-order valence-electron chi connectivity index (χ4n) is 1.93. The van der Waals surface area contributed by atoms with Crippen LogP contribution >= 0.6 is 12.4 Å². The van der Waals surface area contributed by atoms with Crippen LogP contribution in [0.1, 0.15) is 16.8 Å². The molecule has 0 bridgehead atoms. The number of nitrogens with zero attached hydrogens (tertiary/aromatic N) is 4. The molecular formula is C12H17ClF3N5. The van der Waals surface area contributed by atoms with E-state index in [0.717, 1.165) is 21.5 Å². The molecule has 2 aromatic rings. The number of alkyl halides is 3. The average Bonchev–Trinajstić information content (AvgIpc) is 2.84. The largest absolute Gasteiger partial charge is 0.408 e. The molecule has 118 valence electrons. The molecule has 0 unspecified atom stereocenters. The molecule has 0 aliphatic carbocycles. The molecular weight excluding hydrogens is 307 g/mol. The lowest BCUT2D eigenvalue weighted by Crippen LogP contribution is -2.18. The van der Waals surface area contributed by atoms with Gasteiger partial charge in [0.2, 0.25) is 0 Å². The van der Waals surface area contributed by atoms with Gasteiger partial charge in [-0.1, -0.05) is 0 Å². The smallest absolute Gasteiger partial charge is 0.308 e. The molecule has 2 aromatic heterocycles. The number of hydrogen-bond donors (Lipinski definition) is 1. The van der Waals surface area contributed by atoms with Gasteiger partial charge >= 0.3 is 6.18 Å². The number of aromatic nitrogens is 4. The van der Waals surface area contributed by atoms with E-state index in [0.29, 0.717) is 13.1 Å². The lowest BCUT2D eigenvalue weighted by atomic mass is 10.2. The van der Waals surface area contributed by atoms with Crippen LogP contribution in [-0.2, 0) is 26.7 Å². The van der Waals surface area contributed by atoms with Crippen LogP contribution in [0.15, 0.2) is 18.6 Å².